The molecule has 0 aliphatic carbocycles. The van der Waals surface area contributed by atoms with Crippen molar-refractivity contribution in [2.24, 2.45) is 5.73 Å². The second-order valence-electron chi connectivity index (χ2n) is 3.96. The van der Waals surface area contributed by atoms with E-state index in [2.05, 4.69) is 6.92 Å². The average molecular weight is 321 g/mol. The Balaban J connectivity index is 2.43. The monoisotopic (exact) mass is 319 g/mol. The van der Waals surface area contributed by atoms with E-state index in [-0.39, 0.29) is 6.04 Å². The molecule has 0 saturated heterocycles. The molecular weight excluding hydrogens is 309 g/mol. The molecule has 0 radical (unpaired) electrons. The molecule has 1 unspecified atom stereocenters. The third-order valence-corrected chi connectivity index (χ3v) is 4.99. The lowest BCUT2D eigenvalue weighted by molar-refractivity contribution is 0.712. The number of hydrogen-bond acceptors (Lipinski definition) is 2. The van der Waals surface area contributed by atoms with Crippen LogP contribution < -0.4 is 5.73 Å². The van der Waals surface area contributed by atoms with Crippen LogP contribution in [0.4, 0.5) is 0 Å². The first-order valence-electron chi connectivity index (χ1n) is 5.53. The van der Waals surface area contributed by atoms with Gasteiger partial charge in [0.2, 0.25) is 0 Å². The molecule has 96 valence electrons. The minimum absolute atomic E-state index is 0.0743. The maximum atomic E-state index is 6.19. The molecule has 2 N–H and O–H groups in total. The van der Waals surface area contributed by atoms with Gasteiger partial charge in [0.25, 0.3) is 0 Å². The lowest BCUT2D eigenvalue weighted by Crippen LogP contribution is -2.05. The third-order valence-electron chi connectivity index (χ3n) is 2.71. The molecule has 0 aliphatic rings. The zero-order chi connectivity index (χ0) is 13.3. The molecule has 1 aromatic carbocycles. The molecule has 2 rings (SSSR count). The Kier molecular flexibility index (Phi) is 4.57. The highest BCUT2D eigenvalue weighted by Gasteiger charge is 2.12. The Morgan fingerprint density at radius 1 is 1.11 bits per heavy atom. The van der Waals surface area contributed by atoms with Crippen molar-refractivity contribution in [2.75, 3.05) is 0 Å². The first-order chi connectivity index (χ1) is 8.52. The number of rotatable bonds is 3. The van der Waals surface area contributed by atoms with E-state index in [0.29, 0.717) is 15.1 Å². The molecule has 1 atom stereocenters. The molecule has 1 nitrogen and oxygen atoms in total. The van der Waals surface area contributed by atoms with Crippen molar-refractivity contribution < 1.29 is 0 Å². The summed E-state index contributed by atoms with van der Waals surface area (Å²) in [5.41, 5.74) is 6.90. The van der Waals surface area contributed by atoms with E-state index in [1.165, 1.54) is 0 Å². The zero-order valence-electron chi connectivity index (χ0n) is 9.71. The summed E-state index contributed by atoms with van der Waals surface area (Å²) in [5.74, 6) is 0. The highest BCUT2D eigenvalue weighted by atomic mass is 35.5. The van der Waals surface area contributed by atoms with E-state index in [4.69, 9.17) is 40.5 Å². The fourth-order valence-electron chi connectivity index (χ4n) is 1.61. The average Bonchev–Trinajstić information content (AvgIpc) is 2.82. The third kappa shape index (κ3) is 2.84. The first-order valence-corrected chi connectivity index (χ1v) is 7.48. The van der Waals surface area contributed by atoms with E-state index >= 15 is 0 Å². The van der Waals surface area contributed by atoms with Gasteiger partial charge in [-0.05, 0) is 30.7 Å². The van der Waals surface area contributed by atoms with Crippen molar-refractivity contribution in [3.05, 3.63) is 44.2 Å². The van der Waals surface area contributed by atoms with Crippen molar-refractivity contribution >= 4 is 46.1 Å². The van der Waals surface area contributed by atoms with Crippen molar-refractivity contribution in [3.8, 4) is 10.4 Å². The van der Waals surface area contributed by atoms with Gasteiger partial charge in [-0.15, -0.1) is 11.3 Å². The quantitative estimate of drug-likeness (QED) is 0.712. The lowest BCUT2D eigenvalue weighted by Gasteiger charge is -2.06. The summed E-state index contributed by atoms with van der Waals surface area (Å²) < 4.78 is 0. The minimum Gasteiger partial charge on any atom is -0.323 e. The Labute approximate surface area is 125 Å². The predicted octanol–water partition coefficient (Wildman–Crippen LogP) is 5.79. The van der Waals surface area contributed by atoms with Gasteiger partial charge in [0, 0.05) is 21.4 Å². The minimum atomic E-state index is 0.0743. The Morgan fingerprint density at radius 3 is 2.44 bits per heavy atom. The summed E-state index contributed by atoms with van der Waals surface area (Å²) in [7, 11) is 0. The second kappa shape index (κ2) is 5.81. The summed E-state index contributed by atoms with van der Waals surface area (Å²) in [6, 6.07) is 7.58. The van der Waals surface area contributed by atoms with E-state index in [1.807, 2.05) is 12.1 Å². The van der Waals surface area contributed by atoms with Crippen molar-refractivity contribution in [1.29, 1.82) is 0 Å². The van der Waals surface area contributed by atoms with E-state index < -0.39 is 0 Å². The predicted molar refractivity (Wildman–Crippen MR) is 82.0 cm³/mol. The molecule has 0 bridgehead atoms. The van der Waals surface area contributed by atoms with Crippen LogP contribution in [0.2, 0.25) is 15.1 Å². The first kappa shape index (κ1) is 14.2. The summed E-state index contributed by atoms with van der Waals surface area (Å²) in [4.78, 5) is 2.20. The standard InChI is InChI=1S/C13H12Cl3NS/c1-2-11(17)13-4-3-12(18-13)7-5-9(15)10(16)6-8(7)14/h3-6,11H,2,17H2,1H3. The normalized spacial score (nSPS) is 12.7. The van der Waals surface area contributed by atoms with Crippen molar-refractivity contribution in [2.45, 2.75) is 19.4 Å². The van der Waals surface area contributed by atoms with Crippen LogP contribution in [0.25, 0.3) is 10.4 Å². The Bertz CT molecular complexity index is 565. The molecule has 0 amide bonds. The maximum Gasteiger partial charge on any atom is 0.0607 e. The van der Waals surface area contributed by atoms with Gasteiger partial charge in [0.05, 0.1) is 15.1 Å². The van der Waals surface area contributed by atoms with E-state index in [0.717, 1.165) is 21.7 Å². The van der Waals surface area contributed by atoms with E-state index in [1.54, 1.807) is 23.5 Å². The highest BCUT2D eigenvalue weighted by molar-refractivity contribution is 7.15. The number of benzene rings is 1. The van der Waals surface area contributed by atoms with Crippen LogP contribution in [0.3, 0.4) is 0 Å². The fraction of sp³-hybridized carbons (Fsp3) is 0.231. The SMILES string of the molecule is CCC(N)c1ccc(-c2cc(Cl)c(Cl)cc2Cl)s1. The molecule has 0 fully saturated rings. The molecule has 18 heavy (non-hydrogen) atoms. The Hall–Kier alpha value is -0.250. The van der Waals surface area contributed by atoms with Crippen LogP contribution in [0.15, 0.2) is 24.3 Å². The molecule has 0 spiro atoms. The number of thiophene rings is 1. The largest absolute Gasteiger partial charge is 0.323 e. The molecule has 0 aliphatic heterocycles. The van der Waals surface area contributed by atoms with Gasteiger partial charge in [-0.2, -0.15) is 0 Å². The lowest BCUT2D eigenvalue weighted by atomic mass is 10.1. The van der Waals surface area contributed by atoms with Crippen molar-refractivity contribution in [3.63, 3.8) is 0 Å². The molecule has 1 heterocycles. The van der Waals surface area contributed by atoms with Gasteiger partial charge in [-0.25, -0.2) is 0 Å². The smallest absolute Gasteiger partial charge is 0.0607 e. The van der Waals surface area contributed by atoms with Crippen LogP contribution in [-0.4, -0.2) is 0 Å². The van der Waals surface area contributed by atoms with Gasteiger partial charge in [-0.3, -0.25) is 0 Å². The van der Waals surface area contributed by atoms with Crippen LogP contribution in [-0.2, 0) is 0 Å². The topological polar surface area (TPSA) is 26.0 Å². The zero-order valence-corrected chi connectivity index (χ0v) is 12.8. The molecule has 1 aromatic heterocycles. The van der Waals surface area contributed by atoms with Gasteiger partial charge in [0.15, 0.2) is 0 Å². The van der Waals surface area contributed by atoms with Gasteiger partial charge >= 0.3 is 0 Å². The summed E-state index contributed by atoms with van der Waals surface area (Å²) in [5, 5.41) is 1.57. The van der Waals surface area contributed by atoms with Gasteiger partial charge in [0.1, 0.15) is 0 Å². The van der Waals surface area contributed by atoms with E-state index in [9.17, 15) is 0 Å². The van der Waals surface area contributed by atoms with Crippen molar-refractivity contribution in [1.82, 2.24) is 0 Å². The molecule has 2 aromatic rings. The van der Waals surface area contributed by atoms with Crippen LogP contribution in [0.5, 0.6) is 0 Å². The summed E-state index contributed by atoms with van der Waals surface area (Å²) in [6.45, 7) is 2.07. The highest BCUT2D eigenvalue weighted by Crippen LogP contribution is 2.39. The Morgan fingerprint density at radius 2 is 1.78 bits per heavy atom. The van der Waals surface area contributed by atoms with Gasteiger partial charge < -0.3 is 5.73 Å². The van der Waals surface area contributed by atoms with Gasteiger partial charge in [-0.1, -0.05) is 41.7 Å². The number of hydrogen-bond donors (Lipinski definition) is 1. The molecule has 0 saturated carbocycles. The summed E-state index contributed by atoms with van der Waals surface area (Å²) >= 11 is 19.8. The number of nitrogens with two attached hydrogens (primary N) is 1. The van der Waals surface area contributed by atoms with Crippen LogP contribution in [0, 0.1) is 0 Å². The van der Waals surface area contributed by atoms with Crippen LogP contribution >= 0.6 is 46.1 Å². The summed E-state index contributed by atoms with van der Waals surface area (Å²) in [6.07, 6.45) is 0.912. The second-order valence-corrected chi connectivity index (χ2v) is 6.30. The number of halogens is 3. The fourth-order valence-corrected chi connectivity index (χ4v) is 3.44. The molecular formula is C13H12Cl3NS. The van der Waals surface area contributed by atoms with Crippen LogP contribution in [0.1, 0.15) is 24.3 Å². The molecule has 5 heteroatoms. The maximum absolute atomic E-state index is 6.19.